The van der Waals surface area contributed by atoms with E-state index >= 15 is 0 Å². The molecule has 0 spiro atoms. The molecule has 3 heteroatoms. The van der Waals surface area contributed by atoms with Gasteiger partial charge in [-0.05, 0) is 43.6 Å². The van der Waals surface area contributed by atoms with Gasteiger partial charge in [-0.3, -0.25) is 9.48 Å². The first-order valence-corrected chi connectivity index (χ1v) is 6.73. The van der Waals surface area contributed by atoms with Crippen LogP contribution < -0.4 is 0 Å². The molecule has 2 aliphatic carbocycles. The topological polar surface area (TPSA) is 34.9 Å². The number of Topliss-reactive ketones (excluding diaryl/α,β-unsaturated/α-hetero) is 1. The van der Waals surface area contributed by atoms with Crippen LogP contribution in [0.25, 0.3) is 0 Å². The predicted octanol–water partition coefficient (Wildman–Crippen LogP) is 2.36. The summed E-state index contributed by atoms with van der Waals surface area (Å²) in [5.74, 6) is 2.48. The third-order valence-electron chi connectivity index (χ3n) is 4.70. The van der Waals surface area contributed by atoms with Gasteiger partial charge in [0, 0.05) is 31.3 Å². The Morgan fingerprint density at radius 2 is 2.35 bits per heavy atom. The molecule has 3 unspecified atom stereocenters. The molecule has 0 radical (unpaired) electrons. The molecule has 3 rings (SSSR count). The van der Waals surface area contributed by atoms with E-state index in [1.807, 2.05) is 17.8 Å². The standard InChI is InChI=1S/C14H20N2O/c1-16-12(6-7-15-16)4-5-14(17)13-9-10-2-3-11(13)8-10/h6-7,10-11,13H,2-5,8-9H2,1H3. The van der Waals surface area contributed by atoms with E-state index in [2.05, 4.69) is 5.10 Å². The third-order valence-corrected chi connectivity index (χ3v) is 4.70. The smallest absolute Gasteiger partial charge is 0.136 e. The lowest BCUT2D eigenvalue weighted by Gasteiger charge is -2.20. The first kappa shape index (κ1) is 11.0. The van der Waals surface area contributed by atoms with Crippen molar-refractivity contribution >= 4 is 5.78 Å². The average Bonchev–Trinajstić information content (AvgIpc) is 3.01. The van der Waals surface area contributed by atoms with Crippen LogP contribution >= 0.6 is 0 Å². The molecule has 92 valence electrons. The fourth-order valence-corrected chi connectivity index (χ4v) is 3.72. The minimum atomic E-state index is 0.391. The molecule has 2 fully saturated rings. The Bertz CT molecular complexity index is 424. The maximum Gasteiger partial charge on any atom is 0.136 e. The van der Waals surface area contributed by atoms with Crippen LogP contribution in [-0.4, -0.2) is 15.6 Å². The van der Waals surface area contributed by atoms with Crippen LogP contribution in [0.2, 0.25) is 0 Å². The van der Waals surface area contributed by atoms with Gasteiger partial charge in [0.25, 0.3) is 0 Å². The van der Waals surface area contributed by atoms with Crippen molar-refractivity contribution in [2.24, 2.45) is 24.8 Å². The Labute approximate surface area is 102 Å². The number of ketones is 1. The molecule has 17 heavy (non-hydrogen) atoms. The Hall–Kier alpha value is -1.12. The number of carbonyl (C=O) groups is 1. The number of hydrogen-bond acceptors (Lipinski definition) is 2. The molecule has 0 amide bonds. The number of nitrogens with zero attached hydrogens (tertiary/aromatic N) is 2. The highest BCUT2D eigenvalue weighted by molar-refractivity contribution is 5.82. The van der Waals surface area contributed by atoms with Crippen molar-refractivity contribution in [1.82, 2.24) is 9.78 Å². The summed E-state index contributed by atoms with van der Waals surface area (Å²) in [6.07, 6.45) is 8.52. The lowest BCUT2D eigenvalue weighted by molar-refractivity contribution is -0.124. The van der Waals surface area contributed by atoms with Crippen LogP contribution in [0.5, 0.6) is 0 Å². The van der Waals surface area contributed by atoms with Crippen molar-refractivity contribution < 1.29 is 4.79 Å². The van der Waals surface area contributed by atoms with Gasteiger partial charge in [0.1, 0.15) is 5.78 Å². The Kier molecular flexibility index (Phi) is 2.77. The molecule has 3 nitrogen and oxygen atoms in total. The molecular weight excluding hydrogens is 212 g/mol. The van der Waals surface area contributed by atoms with Crippen molar-refractivity contribution in [3.05, 3.63) is 18.0 Å². The normalized spacial score (nSPS) is 31.0. The number of aryl methyl sites for hydroxylation is 2. The zero-order valence-electron chi connectivity index (χ0n) is 10.4. The van der Waals surface area contributed by atoms with E-state index in [4.69, 9.17) is 0 Å². The summed E-state index contributed by atoms with van der Waals surface area (Å²) < 4.78 is 1.87. The average molecular weight is 232 g/mol. The van der Waals surface area contributed by atoms with Gasteiger partial charge in [0.2, 0.25) is 0 Å². The quantitative estimate of drug-likeness (QED) is 0.798. The van der Waals surface area contributed by atoms with E-state index in [9.17, 15) is 4.79 Å². The fraction of sp³-hybridized carbons (Fsp3) is 0.714. The molecule has 2 bridgehead atoms. The van der Waals surface area contributed by atoms with Crippen LogP contribution in [0.4, 0.5) is 0 Å². The molecule has 3 atom stereocenters. The van der Waals surface area contributed by atoms with Gasteiger partial charge in [-0.15, -0.1) is 0 Å². The second kappa shape index (κ2) is 4.28. The van der Waals surface area contributed by atoms with Gasteiger partial charge in [-0.2, -0.15) is 5.10 Å². The first-order chi connectivity index (χ1) is 8.24. The molecule has 0 aromatic carbocycles. The van der Waals surface area contributed by atoms with E-state index in [0.717, 1.165) is 18.3 Å². The van der Waals surface area contributed by atoms with Crippen molar-refractivity contribution in [2.75, 3.05) is 0 Å². The minimum absolute atomic E-state index is 0.391. The Morgan fingerprint density at radius 1 is 1.47 bits per heavy atom. The van der Waals surface area contributed by atoms with Gasteiger partial charge < -0.3 is 0 Å². The monoisotopic (exact) mass is 232 g/mol. The molecule has 1 aromatic heterocycles. The largest absolute Gasteiger partial charge is 0.299 e. The summed E-state index contributed by atoms with van der Waals surface area (Å²) in [5, 5.41) is 4.14. The van der Waals surface area contributed by atoms with Crippen molar-refractivity contribution in [1.29, 1.82) is 0 Å². The van der Waals surface area contributed by atoms with Gasteiger partial charge >= 0.3 is 0 Å². The highest BCUT2D eigenvalue weighted by Crippen LogP contribution is 2.48. The van der Waals surface area contributed by atoms with E-state index in [1.165, 1.54) is 31.4 Å². The molecule has 0 aliphatic heterocycles. The number of carbonyl (C=O) groups excluding carboxylic acids is 1. The van der Waals surface area contributed by atoms with Crippen LogP contribution in [0.15, 0.2) is 12.3 Å². The zero-order chi connectivity index (χ0) is 11.8. The van der Waals surface area contributed by atoms with Crippen LogP contribution in [0, 0.1) is 17.8 Å². The SMILES string of the molecule is Cn1nccc1CCC(=O)C1CC2CCC1C2. The summed E-state index contributed by atoms with van der Waals surface area (Å²) in [6, 6.07) is 2.01. The molecule has 2 saturated carbocycles. The van der Waals surface area contributed by atoms with Crippen molar-refractivity contribution in [3.63, 3.8) is 0 Å². The molecule has 1 heterocycles. The van der Waals surface area contributed by atoms with Gasteiger partial charge in [0.05, 0.1) is 0 Å². The van der Waals surface area contributed by atoms with Crippen LogP contribution in [-0.2, 0) is 18.3 Å². The Balaban J connectivity index is 1.56. The predicted molar refractivity (Wildman–Crippen MR) is 65.5 cm³/mol. The van der Waals surface area contributed by atoms with E-state index in [1.54, 1.807) is 6.20 Å². The third kappa shape index (κ3) is 2.03. The molecular formula is C14H20N2O. The number of aromatic nitrogens is 2. The highest BCUT2D eigenvalue weighted by atomic mass is 16.1. The lowest BCUT2D eigenvalue weighted by atomic mass is 9.84. The second-order valence-corrected chi connectivity index (χ2v) is 5.69. The maximum absolute atomic E-state index is 12.2. The molecule has 0 N–H and O–H groups in total. The van der Waals surface area contributed by atoms with Gasteiger partial charge in [-0.1, -0.05) is 6.42 Å². The summed E-state index contributed by atoms with van der Waals surface area (Å²) in [4.78, 5) is 12.2. The minimum Gasteiger partial charge on any atom is -0.299 e. The van der Waals surface area contributed by atoms with E-state index in [-0.39, 0.29) is 0 Å². The highest BCUT2D eigenvalue weighted by Gasteiger charge is 2.42. The number of rotatable bonds is 4. The van der Waals surface area contributed by atoms with Crippen molar-refractivity contribution in [3.8, 4) is 0 Å². The number of hydrogen-bond donors (Lipinski definition) is 0. The summed E-state index contributed by atoms with van der Waals surface area (Å²) in [7, 11) is 1.94. The van der Waals surface area contributed by atoms with Gasteiger partial charge in [-0.25, -0.2) is 0 Å². The first-order valence-electron chi connectivity index (χ1n) is 6.73. The summed E-state index contributed by atoms with van der Waals surface area (Å²) >= 11 is 0. The van der Waals surface area contributed by atoms with Crippen LogP contribution in [0.3, 0.4) is 0 Å². The number of fused-ring (bicyclic) bond motifs is 2. The maximum atomic E-state index is 12.2. The fourth-order valence-electron chi connectivity index (χ4n) is 3.72. The molecule has 2 aliphatic rings. The van der Waals surface area contributed by atoms with Crippen LogP contribution in [0.1, 0.15) is 37.8 Å². The van der Waals surface area contributed by atoms with Crippen molar-refractivity contribution in [2.45, 2.75) is 38.5 Å². The molecule has 0 saturated heterocycles. The second-order valence-electron chi connectivity index (χ2n) is 5.69. The molecule has 1 aromatic rings. The Morgan fingerprint density at radius 3 is 2.94 bits per heavy atom. The van der Waals surface area contributed by atoms with Gasteiger partial charge in [0.15, 0.2) is 0 Å². The lowest BCUT2D eigenvalue weighted by Crippen LogP contribution is -2.21. The van der Waals surface area contributed by atoms with E-state index < -0.39 is 0 Å². The zero-order valence-corrected chi connectivity index (χ0v) is 10.4. The summed E-state index contributed by atoms with van der Waals surface area (Å²) in [6.45, 7) is 0. The van der Waals surface area contributed by atoms with E-state index in [0.29, 0.717) is 18.1 Å². The summed E-state index contributed by atoms with van der Waals surface area (Å²) in [5.41, 5.74) is 1.17.